The number of hydrogen-bond acceptors (Lipinski definition) is 5. The van der Waals surface area contributed by atoms with Gasteiger partial charge in [0.2, 0.25) is 5.91 Å². The number of piperidine rings is 1. The third-order valence-corrected chi connectivity index (χ3v) is 5.71. The summed E-state index contributed by atoms with van der Waals surface area (Å²) >= 11 is 0. The van der Waals surface area contributed by atoms with Crippen LogP contribution < -0.4 is 5.56 Å². The molecule has 0 aliphatic carbocycles. The molecule has 0 N–H and O–H groups in total. The Bertz CT molecular complexity index is 1160. The van der Waals surface area contributed by atoms with Crippen molar-refractivity contribution in [2.45, 2.75) is 26.0 Å². The summed E-state index contributed by atoms with van der Waals surface area (Å²) in [4.78, 5) is 31.4. The summed E-state index contributed by atoms with van der Waals surface area (Å²) in [5, 5.41) is 9.37. The van der Waals surface area contributed by atoms with E-state index in [0.29, 0.717) is 48.7 Å². The van der Waals surface area contributed by atoms with Gasteiger partial charge in [0.15, 0.2) is 0 Å². The Morgan fingerprint density at radius 1 is 1.13 bits per heavy atom. The molecule has 1 aliphatic rings. The number of hydrogen-bond donors (Lipinski definition) is 0. The minimum atomic E-state index is -0.190. The van der Waals surface area contributed by atoms with E-state index < -0.39 is 0 Å². The highest BCUT2D eigenvalue weighted by atomic mass is 16.5. The SMILES string of the molecule is N#Cc1ccc(COCC2CCN(C(=O)Cn3cnc4ccccc4c3=O)CC2)cc1. The molecule has 0 saturated carbocycles. The second-order valence-corrected chi connectivity index (χ2v) is 7.84. The number of nitrogens with zero attached hydrogens (tertiary/aromatic N) is 4. The molecule has 0 atom stereocenters. The Morgan fingerprint density at radius 2 is 1.87 bits per heavy atom. The molecule has 0 unspecified atom stereocenters. The summed E-state index contributed by atoms with van der Waals surface area (Å²) in [5.74, 6) is 0.351. The first-order chi connectivity index (χ1) is 15.1. The van der Waals surface area contributed by atoms with Gasteiger partial charge in [-0.15, -0.1) is 0 Å². The predicted octanol–water partition coefficient (Wildman–Crippen LogP) is 2.72. The zero-order chi connectivity index (χ0) is 21.6. The lowest BCUT2D eigenvalue weighted by Crippen LogP contribution is -2.42. The number of likely N-dealkylation sites (tertiary alicyclic amines) is 1. The van der Waals surface area contributed by atoms with E-state index in [1.54, 1.807) is 30.3 Å². The molecule has 3 aromatic rings. The fraction of sp³-hybridized carbons (Fsp3) is 0.333. The number of carbonyl (C=O) groups excluding carboxylic acids is 1. The lowest BCUT2D eigenvalue weighted by Gasteiger charge is -2.32. The number of rotatable bonds is 6. The van der Waals surface area contributed by atoms with Crippen LogP contribution in [-0.2, 0) is 22.7 Å². The summed E-state index contributed by atoms with van der Waals surface area (Å²) in [6.45, 7) is 2.51. The zero-order valence-electron chi connectivity index (χ0n) is 17.2. The fourth-order valence-electron chi connectivity index (χ4n) is 3.83. The van der Waals surface area contributed by atoms with Gasteiger partial charge in [0.1, 0.15) is 6.54 Å². The van der Waals surface area contributed by atoms with Crippen molar-refractivity contribution in [1.82, 2.24) is 14.5 Å². The average Bonchev–Trinajstić information content (AvgIpc) is 2.82. The van der Waals surface area contributed by atoms with Gasteiger partial charge in [0, 0.05) is 19.7 Å². The lowest BCUT2D eigenvalue weighted by atomic mass is 9.98. The minimum absolute atomic E-state index is 0.0104. The van der Waals surface area contributed by atoms with Crippen LogP contribution in [0.25, 0.3) is 10.9 Å². The molecule has 1 aliphatic heterocycles. The van der Waals surface area contributed by atoms with Crippen LogP contribution in [0, 0.1) is 17.2 Å². The van der Waals surface area contributed by atoms with Crippen molar-refractivity contribution in [2.24, 2.45) is 5.92 Å². The summed E-state index contributed by atoms with van der Waals surface area (Å²) in [6.07, 6.45) is 3.21. The molecular weight excluding hydrogens is 392 g/mol. The van der Waals surface area contributed by atoms with Gasteiger partial charge in [-0.05, 0) is 48.6 Å². The molecule has 158 valence electrons. The minimum Gasteiger partial charge on any atom is -0.376 e. The third-order valence-electron chi connectivity index (χ3n) is 5.71. The van der Waals surface area contributed by atoms with E-state index in [0.717, 1.165) is 18.4 Å². The largest absolute Gasteiger partial charge is 0.376 e. The van der Waals surface area contributed by atoms with Crippen LogP contribution in [0.5, 0.6) is 0 Å². The van der Waals surface area contributed by atoms with Crippen LogP contribution in [0.3, 0.4) is 0 Å². The van der Waals surface area contributed by atoms with Crippen molar-refractivity contribution < 1.29 is 9.53 Å². The van der Waals surface area contributed by atoms with Crippen molar-refractivity contribution in [3.63, 3.8) is 0 Å². The van der Waals surface area contributed by atoms with E-state index in [4.69, 9.17) is 10.00 Å². The van der Waals surface area contributed by atoms with Gasteiger partial charge in [-0.2, -0.15) is 5.26 Å². The van der Waals surface area contributed by atoms with E-state index in [-0.39, 0.29) is 18.0 Å². The maximum Gasteiger partial charge on any atom is 0.261 e. The van der Waals surface area contributed by atoms with Gasteiger partial charge in [0.25, 0.3) is 5.56 Å². The Morgan fingerprint density at radius 3 is 2.61 bits per heavy atom. The van der Waals surface area contributed by atoms with Crippen LogP contribution in [0.2, 0.25) is 0 Å². The van der Waals surface area contributed by atoms with Gasteiger partial charge in [-0.25, -0.2) is 4.98 Å². The van der Waals surface area contributed by atoms with E-state index in [1.165, 1.54) is 10.9 Å². The topological polar surface area (TPSA) is 88.2 Å². The summed E-state index contributed by atoms with van der Waals surface area (Å²) in [6, 6.07) is 16.7. The highest BCUT2D eigenvalue weighted by Crippen LogP contribution is 2.18. The van der Waals surface area contributed by atoms with Gasteiger partial charge in [-0.1, -0.05) is 24.3 Å². The first-order valence-corrected chi connectivity index (χ1v) is 10.4. The summed E-state index contributed by atoms with van der Waals surface area (Å²) in [5.41, 5.74) is 2.13. The maximum absolute atomic E-state index is 12.7. The highest BCUT2D eigenvalue weighted by Gasteiger charge is 2.23. The van der Waals surface area contributed by atoms with Crippen molar-refractivity contribution in [1.29, 1.82) is 5.26 Å². The van der Waals surface area contributed by atoms with Crippen molar-refractivity contribution in [3.05, 3.63) is 76.3 Å². The number of benzene rings is 2. The molecular formula is C24H24N4O3. The molecule has 0 radical (unpaired) electrons. The molecule has 1 aromatic heterocycles. The van der Waals surface area contributed by atoms with Crippen LogP contribution in [0.15, 0.2) is 59.7 Å². The first kappa shape index (κ1) is 20.8. The molecule has 1 amide bonds. The van der Waals surface area contributed by atoms with Gasteiger partial charge < -0.3 is 9.64 Å². The number of fused-ring (bicyclic) bond motifs is 1. The van der Waals surface area contributed by atoms with Gasteiger partial charge in [-0.3, -0.25) is 14.2 Å². The monoisotopic (exact) mass is 416 g/mol. The molecule has 0 bridgehead atoms. The second kappa shape index (κ2) is 9.54. The molecule has 1 saturated heterocycles. The van der Waals surface area contributed by atoms with Crippen molar-refractivity contribution >= 4 is 16.8 Å². The van der Waals surface area contributed by atoms with Crippen LogP contribution >= 0.6 is 0 Å². The maximum atomic E-state index is 12.7. The van der Waals surface area contributed by atoms with Crippen molar-refractivity contribution in [3.8, 4) is 6.07 Å². The number of aromatic nitrogens is 2. The van der Waals surface area contributed by atoms with Crippen LogP contribution in [-0.4, -0.2) is 40.1 Å². The highest BCUT2D eigenvalue weighted by molar-refractivity contribution is 5.79. The number of ether oxygens (including phenoxy) is 1. The van der Waals surface area contributed by atoms with Crippen LogP contribution in [0.1, 0.15) is 24.0 Å². The molecule has 1 fully saturated rings. The number of para-hydroxylation sites is 1. The van der Waals surface area contributed by atoms with E-state index in [9.17, 15) is 9.59 Å². The lowest BCUT2D eigenvalue weighted by molar-refractivity contribution is -0.133. The third kappa shape index (κ3) is 4.98. The standard InChI is InChI=1S/C24H24N4O3/c25-13-18-5-7-19(8-6-18)15-31-16-20-9-11-27(12-10-20)23(29)14-28-17-26-22-4-2-1-3-21(22)24(28)30/h1-8,17,20H,9-12,14-16H2. The fourth-order valence-corrected chi connectivity index (χ4v) is 3.83. The molecule has 4 rings (SSSR count). The predicted molar refractivity (Wildman–Crippen MR) is 116 cm³/mol. The summed E-state index contributed by atoms with van der Waals surface area (Å²) < 4.78 is 7.23. The Hall–Kier alpha value is -3.50. The van der Waals surface area contributed by atoms with Gasteiger partial charge in [0.05, 0.1) is 35.5 Å². The number of carbonyl (C=O) groups is 1. The Kier molecular flexibility index (Phi) is 6.39. The van der Waals surface area contributed by atoms with E-state index in [1.807, 2.05) is 23.1 Å². The first-order valence-electron chi connectivity index (χ1n) is 10.4. The summed E-state index contributed by atoms with van der Waals surface area (Å²) in [7, 11) is 0. The average molecular weight is 416 g/mol. The Balaban J connectivity index is 1.25. The molecule has 2 aromatic carbocycles. The normalized spacial score (nSPS) is 14.5. The number of amides is 1. The molecule has 2 heterocycles. The number of nitriles is 1. The van der Waals surface area contributed by atoms with E-state index >= 15 is 0 Å². The molecule has 0 spiro atoms. The van der Waals surface area contributed by atoms with Gasteiger partial charge >= 0.3 is 0 Å². The quantitative estimate of drug-likeness (QED) is 0.617. The Labute approximate surface area is 180 Å². The van der Waals surface area contributed by atoms with Crippen molar-refractivity contribution in [2.75, 3.05) is 19.7 Å². The van der Waals surface area contributed by atoms with E-state index in [2.05, 4.69) is 11.1 Å². The molecule has 31 heavy (non-hydrogen) atoms. The van der Waals surface area contributed by atoms with Crippen LogP contribution in [0.4, 0.5) is 0 Å². The second-order valence-electron chi connectivity index (χ2n) is 7.84. The smallest absolute Gasteiger partial charge is 0.261 e. The molecule has 7 nitrogen and oxygen atoms in total. The zero-order valence-corrected chi connectivity index (χ0v) is 17.2. The molecule has 7 heteroatoms.